The lowest BCUT2D eigenvalue weighted by Gasteiger charge is -2.31. The van der Waals surface area contributed by atoms with Crippen LogP contribution in [-0.4, -0.2) is 40.6 Å². The van der Waals surface area contributed by atoms with Crippen molar-refractivity contribution in [3.05, 3.63) is 71.3 Å². The Labute approximate surface area is 185 Å². The zero-order valence-corrected chi connectivity index (χ0v) is 19.6. The fraction of sp³-hybridized carbons (Fsp3) is 0.440. The van der Waals surface area contributed by atoms with E-state index in [9.17, 15) is 9.59 Å². The van der Waals surface area contributed by atoms with E-state index in [1.54, 1.807) is 16.7 Å². The predicted octanol–water partition coefficient (Wildman–Crippen LogP) is 4.60. The molecule has 0 radical (unpaired) electrons. The number of carbonyl (C=O) groups is 2. The Hall–Kier alpha value is -2.27. The Morgan fingerprint density at radius 2 is 1.63 bits per heavy atom. The first-order valence-electron chi connectivity index (χ1n) is 10.4. The lowest BCUT2D eigenvalue weighted by atomic mass is 10.1. The zero-order valence-electron chi connectivity index (χ0n) is 18.8. The van der Waals surface area contributed by atoms with Gasteiger partial charge in [-0.25, -0.2) is 0 Å². The number of benzene rings is 2. The molecule has 1 N–H and O–H groups in total. The number of rotatable bonds is 9. The van der Waals surface area contributed by atoms with Crippen molar-refractivity contribution in [3.8, 4) is 0 Å². The third-order valence-corrected chi connectivity index (χ3v) is 5.75. The van der Waals surface area contributed by atoms with Crippen LogP contribution in [0.15, 0.2) is 54.6 Å². The van der Waals surface area contributed by atoms with E-state index in [-0.39, 0.29) is 17.4 Å². The molecule has 0 unspecified atom stereocenters. The van der Waals surface area contributed by atoms with E-state index in [0.29, 0.717) is 12.3 Å². The zero-order chi connectivity index (χ0) is 22.1. The Morgan fingerprint density at radius 3 is 2.23 bits per heavy atom. The van der Waals surface area contributed by atoms with Crippen LogP contribution < -0.4 is 5.32 Å². The van der Waals surface area contributed by atoms with E-state index in [4.69, 9.17) is 0 Å². The fourth-order valence-corrected chi connectivity index (χ4v) is 3.94. The molecule has 0 saturated heterocycles. The third-order valence-electron chi connectivity index (χ3n) is 4.76. The second-order valence-electron chi connectivity index (χ2n) is 8.72. The molecule has 2 amide bonds. The number of carbonyl (C=O) groups excluding carboxylic acids is 2. The summed E-state index contributed by atoms with van der Waals surface area (Å²) in [4.78, 5) is 27.5. The second-order valence-corrected chi connectivity index (χ2v) is 9.70. The minimum absolute atomic E-state index is 0.000369. The molecule has 0 bridgehead atoms. The second kappa shape index (κ2) is 11.2. The summed E-state index contributed by atoms with van der Waals surface area (Å²) >= 11 is 1.59. The molecule has 0 heterocycles. The number of thioether (sulfide) groups is 1. The van der Waals surface area contributed by atoms with Gasteiger partial charge in [0.05, 0.1) is 5.75 Å². The van der Waals surface area contributed by atoms with Crippen molar-refractivity contribution in [2.24, 2.45) is 0 Å². The molecule has 0 spiro atoms. The summed E-state index contributed by atoms with van der Waals surface area (Å²) in [6.45, 7) is 10.2. The maximum atomic E-state index is 13.0. The maximum Gasteiger partial charge on any atom is 0.242 e. The molecule has 0 saturated carbocycles. The van der Waals surface area contributed by atoms with E-state index in [0.717, 1.165) is 17.7 Å². The van der Waals surface area contributed by atoms with Gasteiger partial charge >= 0.3 is 0 Å². The SMILES string of the molecule is Cc1ccc(CSCC(=O)N(CCc2ccccc2)[C@@H](C)C(=O)NC(C)(C)C)cc1. The Kier molecular flexibility index (Phi) is 8.97. The quantitative estimate of drug-likeness (QED) is 0.637. The van der Waals surface area contributed by atoms with Crippen LogP contribution in [0.3, 0.4) is 0 Å². The fourth-order valence-electron chi connectivity index (χ4n) is 3.07. The molecule has 0 aromatic heterocycles. The molecular weight excluding hydrogens is 392 g/mol. The first kappa shape index (κ1) is 24.0. The summed E-state index contributed by atoms with van der Waals surface area (Å²) in [5.74, 6) is 1.02. The number of nitrogens with one attached hydrogen (secondary N) is 1. The lowest BCUT2D eigenvalue weighted by Crippen LogP contribution is -2.53. The van der Waals surface area contributed by atoms with Crippen molar-refractivity contribution in [2.45, 2.75) is 58.4 Å². The summed E-state index contributed by atoms with van der Waals surface area (Å²) < 4.78 is 0. The Morgan fingerprint density at radius 1 is 1.00 bits per heavy atom. The highest BCUT2D eigenvalue weighted by atomic mass is 32.2. The molecule has 2 aromatic carbocycles. The van der Waals surface area contributed by atoms with Crippen LogP contribution in [0.5, 0.6) is 0 Å². The van der Waals surface area contributed by atoms with Gasteiger partial charge in [0, 0.05) is 17.8 Å². The first-order chi connectivity index (χ1) is 14.2. The first-order valence-corrected chi connectivity index (χ1v) is 11.6. The summed E-state index contributed by atoms with van der Waals surface area (Å²) in [6.07, 6.45) is 0.725. The van der Waals surface area contributed by atoms with E-state index < -0.39 is 6.04 Å². The Bertz CT molecular complexity index is 813. The van der Waals surface area contributed by atoms with E-state index >= 15 is 0 Å². The molecule has 4 nitrogen and oxygen atoms in total. The maximum absolute atomic E-state index is 13.0. The predicted molar refractivity (Wildman–Crippen MR) is 127 cm³/mol. The number of nitrogens with zero attached hydrogens (tertiary/aromatic N) is 1. The van der Waals surface area contributed by atoms with Gasteiger partial charge in [-0.3, -0.25) is 9.59 Å². The average molecular weight is 427 g/mol. The molecule has 2 rings (SSSR count). The summed E-state index contributed by atoms with van der Waals surface area (Å²) in [5.41, 5.74) is 3.25. The van der Waals surface area contributed by atoms with Crippen molar-refractivity contribution in [2.75, 3.05) is 12.3 Å². The smallest absolute Gasteiger partial charge is 0.242 e. The molecule has 0 aliphatic heterocycles. The summed E-state index contributed by atoms with van der Waals surface area (Å²) in [6, 6.07) is 17.9. The van der Waals surface area contributed by atoms with Crippen LogP contribution in [0.4, 0.5) is 0 Å². The van der Waals surface area contributed by atoms with Gasteiger partial charge in [-0.2, -0.15) is 0 Å². The summed E-state index contributed by atoms with van der Waals surface area (Å²) in [7, 11) is 0. The van der Waals surface area contributed by atoms with Gasteiger partial charge < -0.3 is 10.2 Å². The largest absolute Gasteiger partial charge is 0.350 e. The molecule has 162 valence electrons. The van der Waals surface area contributed by atoms with Gasteiger partial charge in [0.1, 0.15) is 6.04 Å². The minimum atomic E-state index is -0.514. The lowest BCUT2D eigenvalue weighted by molar-refractivity contribution is -0.138. The van der Waals surface area contributed by atoms with E-state index in [1.165, 1.54) is 11.1 Å². The molecule has 0 fully saturated rings. The minimum Gasteiger partial charge on any atom is -0.350 e. The number of amides is 2. The molecule has 2 aromatic rings. The summed E-state index contributed by atoms with van der Waals surface area (Å²) in [5, 5.41) is 3.00. The Balaban J connectivity index is 2.01. The highest BCUT2D eigenvalue weighted by Crippen LogP contribution is 2.15. The normalized spacial score (nSPS) is 12.3. The topological polar surface area (TPSA) is 49.4 Å². The van der Waals surface area contributed by atoms with Gasteiger partial charge in [0.15, 0.2) is 0 Å². The van der Waals surface area contributed by atoms with E-state index in [1.807, 2.05) is 45.9 Å². The third kappa shape index (κ3) is 8.23. The van der Waals surface area contributed by atoms with Crippen molar-refractivity contribution >= 4 is 23.6 Å². The van der Waals surface area contributed by atoms with Gasteiger partial charge in [-0.1, -0.05) is 60.2 Å². The standard InChI is InChI=1S/C25H34N2O2S/c1-19-11-13-22(14-12-19)17-30-18-23(28)27(16-15-21-9-7-6-8-10-21)20(2)24(29)26-25(3,4)5/h6-14,20H,15-18H2,1-5H3,(H,26,29)/t20-/m0/s1. The van der Waals surface area contributed by atoms with Crippen molar-refractivity contribution in [1.29, 1.82) is 0 Å². The highest BCUT2D eigenvalue weighted by Gasteiger charge is 2.27. The van der Waals surface area contributed by atoms with Crippen LogP contribution in [0.25, 0.3) is 0 Å². The van der Waals surface area contributed by atoms with Crippen LogP contribution in [0, 0.1) is 6.92 Å². The van der Waals surface area contributed by atoms with Crippen LogP contribution in [-0.2, 0) is 21.8 Å². The average Bonchev–Trinajstić information content (AvgIpc) is 2.69. The van der Waals surface area contributed by atoms with Crippen molar-refractivity contribution in [1.82, 2.24) is 10.2 Å². The molecular formula is C25H34N2O2S. The van der Waals surface area contributed by atoms with Crippen LogP contribution in [0.2, 0.25) is 0 Å². The van der Waals surface area contributed by atoms with Gasteiger partial charge in [0.2, 0.25) is 11.8 Å². The monoisotopic (exact) mass is 426 g/mol. The molecule has 30 heavy (non-hydrogen) atoms. The van der Waals surface area contributed by atoms with Gasteiger partial charge in [-0.15, -0.1) is 11.8 Å². The van der Waals surface area contributed by atoms with E-state index in [2.05, 4.69) is 48.6 Å². The number of hydrogen-bond donors (Lipinski definition) is 1. The molecule has 1 atom stereocenters. The van der Waals surface area contributed by atoms with Crippen LogP contribution in [0.1, 0.15) is 44.4 Å². The van der Waals surface area contributed by atoms with Crippen LogP contribution >= 0.6 is 11.8 Å². The van der Waals surface area contributed by atoms with Crippen molar-refractivity contribution < 1.29 is 9.59 Å². The van der Waals surface area contributed by atoms with Crippen molar-refractivity contribution in [3.63, 3.8) is 0 Å². The number of aryl methyl sites for hydroxylation is 1. The van der Waals surface area contributed by atoms with Gasteiger partial charge in [-0.05, 0) is 52.2 Å². The molecule has 0 aliphatic carbocycles. The number of hydrogen-bond acceptors (Lipinski definition) is 3. The van der Waals surface area contributed by atoms with Gasteiger partial charge in [0.25, 0.3) is 0 Å². The highest BCUT2D eigenvalue weighted by molar-refractivity contribution is 7.99. The molecule has 5 heteroatoms. The molecule has 0 aliphatic rings.